The molecule has 0 fully saturated rings. The van der Waals surface area contributed by atoms with Crippen molar-refractivity contribution >= 4 is 67.2 Å². The Balaban J connectivity index is 1.95. The van der Waals surface area contributed by atoms with Crippen LogP contribution in [0.5, 0.6) is 5.75 Å². The Bertz CT molecular complexity index is 1100. The van der Waals surface area contributed by atoms with Crippen LogP contribution in [-0.2, 0) is 19.6 Å². The molecule has 0 saturated carbocycles. The number of halogens is 2. The first-order valence-electron chi connectivity index (χ1n) is 9.35. The molecule has 0 aliphatic heterocycles. The van der Waals surface area contributed by atoms with Gasteiger partial charge in [0.05, 0.1) is 17.1 Å². The van der Waals surface area contributed by atoms with Gasteiger partial charge in [-0.15, -0.1) is 0 Å². The number of hydrogen-bond acceptors (Lipinski definition) is 6. The Kier molecular flexibility index (Phi) is 9.27. The van der Waals surface area contributed by atoms with Crippen LogP contribution in [0.15, 0.2) is 35.2 Å². The highest BCUT2D eigenvalue weighted by molar-refractivity contribution is 14.1. The highest BCUT2D eigenvalue weighted by atomic mass is 127. The third kappa shape index (κ3) is 7.39. The number of ether oxygens (including phenoxy) is 2. The van der Waals surface area contributed by atoms with E-state index in [1.165, 1.54) is 12.1 Å². The molecule has 0 unspecified atom stereocenters. The first-order valence-corrected chi connectivity index (χ1v) is 12.9. The van der Waals surface area contributed by atoms with Gasteiger partial charge in [0.25, 0.3) is 10.1 Å². The second-order valence-corrected chi connectivity index (χ2v) is 10.9. The van der Waals surface area contributed by atoms with E-state index in [0.29, 0.717) is 16.7 Å². The number of carbonyl (C=O) groups is 2. The molecule has 2 rings (SSSR count). The van der Waals surface area contributed by atoms with Crippen LogP contribution in [0.4, 0.5) is 0 Å². The number of hydrogen-bond donors (Lipinski definition) is 1. The predicted octanol–water partition coefficient (Wildman–Crippen LogP) is 5.12. The van der Waals surface area contributed by atoms with Crippen molar-refractivity contribution in [1.82, 2.24) is 0 Å². The molecule has 0 radical (unpaired) electrons. The highest BCUT2D eigenvalue weighted by Crippen LogP contribution is 2.31. The molecule has 1 N–H and O–H groups in total. The maximum absolute atomic E-state index is 12.2. The fraction of sp³-hybridized carbons (Fsp3) is 0.333. The highest BCUT2D eigenvalue weighted by Gasteiger charge is 2.21. The van der Waals surface area contributed by atoms with Gasteiger partial charge in [-0.3, -0.25) is 9.35 Å². The molecule has 0 bridgehead atoms. The summed E-state index contributed by atoms with van der Waals surface area (Å²) >= 11 is 4.23. The van der Waals surface area contributed by atoms with Crippen LogP contribution in [0, 0.1) is 14.1 Å². The maximum Gasteiger partial charge on any atom is 0.339 e. The van der Waals surface area contributed by atoms with Crippen molar-refractivity contribution in [3.05, 3.63) is 54.2 Å². The summed E-state index contributed by atoms with van der Waals surface area (Å²) in [4.78, 5) is 24.2. The smallest absolute Gasteiger partial charge is 0.339 e. The van der Waals surface area contributed by atoms with Gasteiger partial charge in [-0.2, -0.15) is 8.42 Å². The van der Waals surface area contributed by atoms with Gasteiger partial charge >= 0.3 is 11.9 Å². The van der Waals surface area contributed by atoms with Crippen molar-refractivity contribution in [3.63, 3.8) is 0 Å². The first-order chi connectivity index (χ1) is 14.4. The molecule has 2 aromatic rings. The number of carbonyl (C=O) groups excluding carboxylic acids is 2. The summed E-state index contributed by atoms with van der Waals surface area (Å²) in [7, 11) is -4.39. The predicted molar refractivity (Wildman–Crippen MR) is 132 cm³/mol. The van der Waals surface area contributed by atoms with Crippen LogP contribution in [0.2, 0.25) is 0 Å². The summed E-state index contributed by atoms with van der Waals surface area (Å²) in [6.45, 7) is 5.20. The number of esters is 2. The van der Waals surface area contributed by atoms with Crippen LogP contribution in [0.25, 0.3) is 0 Å². The lowest BCUT2D eigenvalue weighted by atomic mass is 10.0. The van der Waals surface area contributed by atoms with Gasteiger partial charge in [-0.05, 0) is 106 Å². The summed E-state index contributed by atoms with van der Waals surface area (Å²) in [5, 5.41) is 0. The zero-order valence-electron chi connectivity index (χ0n) is 17.1. The largest absolute Gasteiger partial charge is 0.462 e. The molecular formula is C21H22I2O7S. The van der Waals surface area contributed by atoms with Gasteiger partial charge in [-0.1, -0.05) is 13.8 Å². The van der Waals surface area contributed by atoms with Crippen molar-refractivity contribution < 1.29 is 32.0 Å². The molecule has 0 amide bonds. The monoisotopic (exact) mass is 672 g/mol. The molecule has 0 atom stereocenters. The topological polar surface area (TPSA) is 107 Å². The maximum atomic E-state index is 12.2. The summed E-state index contributed by atoms with van der Waals surface area (Å²) < 4.78 is 45.1. The van der Waals surface area contributed by atoms with Crippen molar-refractivity contribution in [2.75, 3.05) is 6.61 Å². The van der Waals surface area contributed by atoms with Crippen LogP contribution < -0.4 is 4.74 Å². The van der Waals surface area contributed by atoms with E-state index >= 15 is 0 Å². The lowest BCUT2D eigenvalue weighted by molar-refractivity contribution is -0.134. The molecule has 7 nitrogen and oxygen atoms in total. The van der Waals surface area contributed by atoms with Crippen molar-refractivity contribution in [3.8, 4) is 5.75 Å². The zero-order chi connectivity index (χ0) is 23.3. The number of benzene rings is 2. The fourth-order valence-corrected chi connectivity index (χ4v) is 5.49. The fourth-order valence-electron chi connectivity index (χ4n) is 2.75. The molecule has 31 heavy (non-hydrogen) atoms. The van der Waals surface area contributed by atoms with Gasteiger partial charge in [0.1, 0.15) is 5.75 Å². The van der Waals surface area contributed by atoms with E-state index in [0.717, 1.165) is 7.14 Å². The Morgan fingerprint density at radius 1 is 1.13 bits per heavy atom. The molecule has 0 aliphatic rings. The van der Waals surface area contributed by atoms with Gasteiger partial charge in [0, 0.05) is 13.6 Å². The third-order valence-electron chi connectivity index (χ3n) is 4.34. The van der Waals surface area contributed by atoms with Crippen LogP contribution in [0.1, 0.15) is 54.1 Å². The van der Waals surface area contributed by atoms with E-state index in [1.807, 2.05) is 12.1 Å². The summed E-state index contributed by atoms with van der Waals surface area (Å²) in [5.41, 5.74) is 1.24. The van der Waals surface area contributed by atoms with E-state index in [2.05, 4.69) is 45.2 Å². The Labute approximate surface area is 208 Å². The molecule has 0 saturated heterocycles. The summed E-state index contributed by atoms with van der Waals surface area (Å²) in [6, 6.07) is 8.14. The SMILES string of the molecule is Cc1cc(S(=O)(=O)O)c(C(C)C)cc1OC(=O)CCCOC(=O)c1ccc(I)cc1I. The zero-order valence-corrected chi connectivity index (χ0v) is 22.3. The average molecular weight is 672 g/mol. The van der Waals surface area contributed by atoms with Crippen LogP contribution >= 0.6 is 45.2 Å². The quantitative estimate of drug-likeness (QED) is 0.137. The Hall–Kier alpha value is -1.25. The van der Waals surface area contributed by atoms with E-state index in [4.69, 9.17) is 9.47 Å². The normalized spacial score (nSPS) is 11.5. The van der Waals surface area contributed by atoms with Crippen LogP contribution in [0.3, 0.4) is 0 Å². The van der Waals surface area contributed by atoms with Crippen molar-refractivity contribution in [2.45, 2.75) is 44.4 Å². The average Bonchev–Trinajstić information content (AvgIpc) is 2.65. The van der Waals surface area contributed by atoms with Gasteiger partial charge < -0.3 is 9.47 Å². The molecule has 0 spiro atoms. The lowest BCUT2D eigenvalue weighted by Gasteiger charge is -2.15. The van der Waals surface area contributed by atoms with E-state index < -0.39 is 22.1 Å². The van der Waals surface area contributed by atoms with Crippen molar-refractivity contribution in [1.29, 1.82) is 0 Å². The molecule has 2 aromatic carbocycles. The molecule has 0 aliphatic carbocycles. The van der Waals surface area contributed by atoms with Gasteiger partial charge in [-0.25, -0.2) is 4.79 Å². The second-order valence-electron chi connectivity index (χ2n) is 7.12. The Morgan fingerprint density at radius 2 is 1.81 bits per heavy atom. The summed E-state index contributed by atoms with van der Waals surface area (Å²) in [6.07, 6.45) is 0.304. The molecule has 10 heteroatoms. The minimum Gasteiger partial charge on any atom is -0.462 e. The second kappa shape index (κ2) is 11.1. The lowest BCUT2D eigenvalue weighted by Crippen LogP contribution is -2.13. The molecule has 0 heterocycles. The van der Waals surface area contributed by atoms with Crippen molar-refractivity contribution in [2.24, 2.45) is 0 Å². The van der Waals surface area contributed by atoms with E-state index in [9.17, 15) is 22.6 Å². The molecule has 168 valence electrons. The third-order valence-corrected chi connectivity index (χ3v) is 6.81. The van der Waals surface area contributed by atoms with Gasteiger partial charge in [0.2, 0.25) is 0 Å². The van der Waals surface area contributed by atoms with Crippen LogP contribution in [-0.4, -0.2) is 31.5 Å². The first kappa shape index (κ1) is 26.0. The minimum absolute atomic E-state index is 0.0214. The Morgan fingerprint density at radius 3 is 2.39 bits per heavy atom. The minimum atomic E-state index is -4.39. The van der Waals surface area contributed by atoms with E-state index in [-0.39, 0.29) is 36.0 Å². The summed E-state index contributed by atoms with van der Waals surface area (Å²) in [5.74, 6) is -0.963. The molecule has 0 aromatic heterocycles. The number of rotatable bonds is 8. The van der Waals surface area contributed by atoms with Gasteiger partial charge in [0.15, 0.2) is 0 Å². The standard InChI is InChI=1S/C21H22I2O7S/c1-12(2)16-11-18(13(3)9-19(16)31(26,27)28)30-20(24)5-4-8-29-21(25)15-7-6-14(22)10-17(15)23/h6-7,9-12H,4-5,8H2,1-3H3,(H,26,27,28). The molecular weight excluding hydrogens is 650 g/mol. The van der Waals surface area contributed by atoms with E-state index in [1.54, 1.807) is 26.8 Å². The number of aryl methyl sites for hydroxylation is 1.